The topological polar surface area (TPSA) is 33.5 Å². The number of likely N-dealkylation sites (N-methyl/N-ethyl adjacent to an activating group) is 1. The van der Waals surface area contributed by atoms with Gasteiger partial charge in [0.1, 0.15) is 6.04 Å². The zero-order chi connectivity index (χ0) is 17.8. The fourth-order valence-corrected chi connectivity index (χ4v) is 3.34. The zero-order valence-corrected chi connectivity index (χ0v) is 16.0. The van der Waals surface area contributed by atoms with Crippen LogP contribution >= 0.6 is 15.9 Å². The number of halogens is 1. The molecule has 0 bridgehead atoms. The number of amides is 1. The first kappa shape index (κ1) is 17.6. The average molecular weight is 398 g/mol. The molecule has 3 aromatic rings. The molecule has 3 rings (SSSR count). The Bertz CT molecular complexity index is 869. The van der Waals surface area contributed by atoms with E-state index in [0.717, 1.165) is 4.47 Å². The van der Waals surface area contributed by atoms with E-state index in [9.17, 15) is 4.79 Å². The molecule has 25 heavy (non-hydrogen) atoms. The first-order valence-electron chi connectivity index (χ1n) is 8.37. The maximum atomic E-state index is 12.4. The normalized spacial score (nSPS) is 12.3. The van der Waals surface area contributed by atoms with Crippen LogP contribution in [0.5, 0.6) is 0 Å². The molecule has 4 heteroatoms. The van der Waals surface area contributed by atoms with E-state index in [-0.39, 0.29) is 11.9 Å². The molecule has 0 aliphatic heterocycles. The summed E-state index contributed by atoms with van der Waals surface area (Å²) in [7, 11) is 4.25. The summed E-state index contributed by atoms with van der Waals surface area (Å²) in [6.07, 6.45) is 0. The highest BCUT2D eigenvalue weighted by Crippen LogP contribution is 2.22. The van der Waals surface area contributed by atoms with Crippen molar-refractivity contribution in [2.45, 2.75) is 6.04 Å². The Morgan fingerprint density at radius 3 is 2.40 bits per heavy atom. The Kier molecular flexibility index (Phi) is 5.51. The number of benzene rings is 3. The first-order chi connectivity index (χ1) is 12.1. The van der Waals surface area contributed by atoms with E-state index >= 15 is 0 Å². The van der Waals surface area contributed by atoms with Gasteiger partial charge in [-0.25, -0.2) is 0 Å². The number of nitrogens with one attached hydrogen (secondary N) is 2. The van der Waals surface area contributed by atoms with Crippen LogP contribution in [0, 0.1) is 0 Å². The zero-order valence-electron chi connectivity index (χ0n) is 14.4. The second kappa shape index (κ2) is 7.81. The molecule has 0 saturated carbocycles. The van der Waals surface area contributed by atoms with Crippen molar-refractivity contribution in [1.82, 2.24) is 5.32 Å². The van der Waals surface area contributed by atoms with Gasteiger partial charge in [-0.1, -0.05) is 58.4 Å². The van der Waals surface area contributed by atoms with Gasteiger partial charge in [0, 0.05) is 15.6 Å². The number of carbonyl (C=O) groups is 1. The van der Waals surface area contributed by atoms with Gasteiger partial charge in [-0.15, -0.1) is 0 Å². The van der Waals surface area contributed by atoms with Crippen molar-refractivity contribution in [2.24, 2.45) is 0 Å². The molecule has 0 aliphatic carbocycles. The fourth-order valence-electron chi connectivity index (χ4n) is 3.08. The molecule has 0 radical (unpaired) electrons. The Hall–Kier alpha value is -2.17. The number of fused-ring (bicyclic) bond motifs is 1. The summed E-state index contributed by atoms with van der Waals surface area (Å²) in [4.78, 5) is 13.7. The van der Waals surface area contributed by atoms with Crippen molar-refractivity contribution < 1.29 is 9.69 Å². The number of rotatable bonds is 5. The lowest BCUT2D eigenvalue weighted by atomic mass is 9.98. The maximum Gasteiger partial charge on any atom is 0.251 e. The average Bonchev–Trinajstić information content (AvgIpc) is 2.62. The van der Waals surface area contributed by atoms with E-state index in [1.54, 1.807) is 0 Å². The van der Waals surface area contributed by atoms with Gasteiger partial charge in [0.15, 0.2) is 0 Å². The van der Waals surface area contributed by atoms with Gasteiger partial charge >= 0.3 is 0 Å². The maximum absolute atomic E-state index is 12.4. The predicted molar refractivity (Wildman–Crippen MR) is 106 cm³/mol. The van der Waals surface area contributed by atoms with Crippen molar-refractivity contribution in [2.75, 3.05) is 20.6 Å². The van der Waals surface area contributed by atoms with E-state index < -0.39 is 0 Å². The fraction of sp³-hybridized carbons (Fsp3) is 0.190. The third-order valence-electron chi connectivity index (χ3n) is 4.47. The smallest absolute Gasteiger partial charge is 0.251 e. The summed E-state index contributed by atoms with van der Waals surface area (Å²) in [5.74, 6) is -0.0426. The van der Waals surface area contributed by atoms with Gasteiger partial charge in [0.2, 0.25) is 0 Å². The molecule has 3 nitrogen and oxygen atoms in total. The molecule has 0 aromatic heterocycles. The third kappa shape index (κ3) is 4.09. The Balaban J connectivity index is 1.82. The molecule has 0 spiro atoms. The molecule has 3 aromatic carbocycles. The molecule has 0 saturated heterocycles. The van der Waals surface area contributed by atoms with Crippen LogP contribution in [0.1, 0.15) is 22.0 Å². The van der Waals surface area contributed by atoms with Crippen molar-refractivity contribution in [3.63, 3.8) is 0 Å². The second-order valence-corrected chi connectivity index (χ2v) is 7.33. The standard InChI is InChI=1S/C21H21BrN2O/c1-24(2)20(14-23-21(25)16-10-12-17(22)13-11-16)19-9-5-7-15-6-3-4-8-18(15)19/h3-13,20H,14H2,1-2H3,(H,23,25)/p+1/t20-/m1/s1. The van der Waals surface area contributed by atoms with Crippen LogP contribution < -0.4 is 10.2 Å². The highest BCUT2D eigenvalue weighted by molar-refractivity contribution is 9.10. The van der Waals surface area contributed by atoms with Crippen LogP contribution in [0.4, 0.5) is 0 Å². The van der Waals surface area contributed by atoms with Crippen LogP contribution in [0.15, 0.2) is 71.2 Å². The van der Waals surface area contributed by atoms with Crippen LogP contribution in [-0.2, 0) is 0 Å². The Labute approximate surface area is 156 Å². The van der Waals surface area contributed by atoms with E-state index in [1.807, 2.05) is 24.3 Å². The lowest BCUT2D eigenvalue weighted by Gasteiger charge is -2.23. The molecule has 2 N–H and O–H groups in total. The van der Waals surface area contributed by atoms with Crippen molar-refractivity contribution >= 4 is 32.6 Å². The van der Waals surface area contributed by atoms with E-state index in [0.29, 0.717) is 12.1 Å². The summed E-state index contributed by atoms with van der Waals surface area (Å²) >= 11 is 3.39. The van der Waals surface area contributed by atoms with Gasteiger partial charge in [-0.2, -0.15) is 0 Å². The molecule has 1 atom stereocenters. The molecule has 128 valence electrons. The van der Waals surface area contributed by atoms with Gasteiger partial charge in [-0.05, 0) is 35.0 Å². The van der Waals surface area contributed by atoms with Gasteiger partial charge < -0.3 is 10.2 Å². The summed E-state index contributed by atoms with van der Waals surface area (Å²) in [5.41, 5.74) is 1.93. The first-order valence-corrected chi connectivity index (χ1v) is 9.17. The SMILES string of the molecule is C[NH+](C)[C@H](CNC(=O)c1ccc(Br)cc1)c1cccc2ccccc12. The van der Waals surface area contributed by atoms with Crippen LogP contribution in [0.2, 0.25) is 0 Å². The van der Waals surface area contributed by atoms with Crippen LogP contribution in [0.25, 0.3) is 10.8 Å². The van der Waals surface area contributed by atoms with E-state index in [4.69, 9.17) is 0 Å². The minimum Gasteiger partial charge on any atom is -0.346 e. The van der Waals surface area contributed by atoms with Gasteiger partial charge in [0.05, 0.1) is 20.6 Å². The molecule has 0 unspecified atom stereocenters. The summed E-state index contributed by atoms with van der Waals surface area (Å²) in [6.45, 7) is 0.589. The molecule has 1 amide bonds. The molecule has 0 fully saturated rings. The highest BCUT2D eigenvalue weighted by atomic mass is 79.9. The monoisotopic (exact) mass is 397 g/mol. The molecular formula is C21H22BrN2O+. The molecule has 0 heterocycles. The van der Waals surface area contributed by atoms with Crippen LogP contribution in [-0.4, -0.2) is 26.5 Å². The second-order valence-electron chi connectivity index (χ2n) is 6.42. The Morgan fingerprint density at radius 2 is 1.68 bits per heavy atom. The van der Waals surface area contributed by atoms with Crippen molar-refractivity contribution in [3.05, 3.63) is 82.3 Å². The quantitative estimate of drug-likeness (QED) is 0.680. The van der Waals surface area contributed by atoms with Crippen LogP contribution in [0.3, 0.4) is 0 Å². The lowest BCUT2D eigenvalue weighted by Crippen LogP contribution is -3.07. The van der Waals surface area contributed by atoms with Crippen molar-refractivity contribution in [3.8, 4) is 0 Å². The van der Waals surface area contributed by atoms with E-state index in [2.05, 4.69) is 77.8 Å². The highest BCUT2D eigenvalue weighted by Gasteiger charge is 2.21. The molecule has 0 aliphatic rings. The molecular weight excluding hydrogens is 376 g/mol. The van der Waals surface area contributed by atoms with Gasteiger partial charge in [-0.3, -0.25) is 4.79 Å². The van der Waals surface area contributed by atoms with Gasteiger partial charge in [0.25, 0.3) is 5.91 Å². The summed E-state index contributed by atoms with van der Waals surface area (Å²) < 4.78 is 0.968. The summed E-state index contributed by atoms with van der Waals surface area (Å²) in [6, 6.07) is 22.4. The Morgan fingerprint density at radius 1 is 1.00 bits per heavy atom. The number of carbonyl (C=O) groups excluding carboxylic acids is 1. The summed E-state index contributed by atoms with van der Waals surface area (Å²) in [5, 5.41) is 5.56. The minimum absolute atomic E-state index is 0.0426. The number of hydrogen-bond donors (Lipinski definition) is 2. The van der Waals surface area contributed by atoms with Crippen molar-refractivity contribution in [1.29, 1.82) is 0 Å². The van der Waals surface area contributed by atoms with E-state index in [1.165, 1.54) is 21.2 Å². The lowest BCUT2D eigenvalue weighted by molar-refractivity contribution is -0.890. The minimum atomic E-state index is -0.0426. The number of quaternary nitrogens is 1. The third-order valence-corrected chi connectivity index (χ3v) is 5.00. The predicted octanol–water partition coefficient (Wildman–Crippen LogP) is 3.22. The number of hydrogen-bond acceptors (Lipinski definition) is 1. The largest absolute Gasteiger partial charge is 0.346 e.